The average Bonchev–Trinajstić information content (AvgIpc) is 3.27. The second-order valence-corrected chi connectivity index (χ2v) is 7.73. The van der Waals surface area contributed by atoms with Gasteiger partial charge in [-0.2, -0.15) is 0 Å². The molecule has 0 unspecified atom stereocenters. The van der Waals surface area contributed by atoms with Crippen molar-refractivity contribution in [2.24, 2.45) is 5.92 Å². The van der Waals surface area contributed by atoms with E-state index in [0.717, 1.165) is 49.6 Å². The number of amidine groups is 1. The predicted molar refractivity (Wildman–Crippen MR) is 106 cm³/mol. The Balaban J connectivity index is 1.50. The average molecular weight is 385 g/mol. The molecule has 2 aromatic rings. The van der Waals surface area contributed by atoms with E-state index in [0.29, 0.717) is 28.9 Å². The Morgan fingerprint density at radius 2 is 2.04 bits per heavy atom. The lowest BCUT2D eigenvalue weighted by Crippen LogP contribution is -2.34. The summed E-state index contributed by atoms with van der Waals surface area (Å²) in [6, 6.07) is 7.73. The Hall–Kier alpha value is -2.38. The molecule has 1 saturated heterocycles. The van der Waals surface area contributed by atoms with Gasteiger partial charge in [0.1, 0.15) is 22.4 Å². The van der Waals surface area contributed by atoms with E-state index in [-0.39, 0.29) is 5.76 Å². The summed E-state index contributed by atoms with van der Waals surface area (Å²) in [5.41, 5.74) is 2.39. The number of nitrogens with zero attached hydrogens (tertiary/aromatic N) is 2. The molecule has 6 nitrogen and oxygen atoms in total. The number of benzene rings is 1. The van der Waals surface area contributed by atoms with Crippen molar-refractivity contribution in [1.29, 1.82) is 5.41 Å². The van der Waals surface area contributed by atoms with E-state index in [1.165, 1.54) is 11.3 Å². The van der Waals surface area contributed by atoms with E-state index >= 15 is 0 Å². The van der Waals surface area contributed by atoms with E-state index in [9.17, 15) is 5.11 Å². The molecule has 0 saturated carbocycles. The van der Waals surface area contributed by atoms with Crippen LogP contribution in [0.2, 0.25) is 0 Å². The van der Waals surface area contributed by atoms with Gasteiger partial charge in [-0.15, -0.1) is 11.3 Å². The fourth-order valence-corrected chi connectivity index (χ4v) is 4.43. The molecule has 2 aliphatic rings. The highest BCUT2D eigenvalue weighted by atomic mass is 32.1. The van der Waals surface area contributed by atoms with Gasteiger partial charge in [-0.25, -0.2) is 4.98 Å². The van der Waals surface area contributed by atoms with Crippen LogP contribution >= 0.6 is 11.3 Å². The number of thiazole rings is 1. The van der Waals surface area contributed by atoms with Crippen molar-refractivity contribution >= 4 is 22.7 Å². The summed E-state index contributed by atoms with van der Waals surface area (Å²) in [7, 11) is 1.64. The van der Waals surface area contributed by atoms with Gasteiger partial charge in [0, 0.05) is 30.7 Å². The Bertz CT molecular complexity index is 854. The molecule has 3 heterocycles. The Morgan fingerprint density at radius 3 is 2.74 bits per heavy atom. The molecule has 4 rings (SSSR count). The smallest absolute Gasteiger partial charge is 0.135 e. The van der Waals surface area contributed by atoms with Crippen molar-refractivity contribution in [1.82, 2.24) is 9.88 Å². The number of aliphatic hydroxyl groups excluding tert-OH is 1. The summed E-state index contributed by atoms with van der Waals surface area (Å²) < 4.78 is 10.6. The Kier molecular flexibility index (Phi) is 5.13. The first-order valence-corrected chi connectivity index (χ1v) is 9.97. The quantitative estimate of drug-likeness (QED) is 0.818. The third-order valence-corrected chi connectivity index (χ3v) is 5.97. The van der Waals surface area contributed by atoms with Gasteiger partial charge in [-0.05, 0) is 43.0 Å². The third-order valence-electron chi connectivity index (χ3n) is 5.11. The minimum Gasteiger partial charge on any atom is -0.510 e. The van der Waals surface area contributed by atoms with Gasteiger partial charge in [0.15, 0.2) is 0 Å². The summed E-state index contributed by atoms with van der Waals surface area (Å²) in [6.45, 7) is 2.75. The van der Waals surface area contributed by atoms with Crippen LogP contribution < -0.4 is 4.74 Å². The van der Waals surface area contributed by atoms with Crippen LogP contribution in [0.3, 0.4) is 0 Å². The predicted octanol–water partition coefficient (Wildman–Crippen LogP) is 3.81. The summed E-state index contributed by atoms with van der Waals surface area (Å²) >= 11 is 1.46. The van der Waals surface area contributed by atoms with Crippen LogP contribution in [0.25, 0.3) is 16.8 Å². The molecule has 1 aromatic heterocycles. The van der Waals surface area contributed by atoms with Crippen molar-refractivity contribution in [2.45, 2.75) is 12.8 Å². The molecule has 0 spiro atoms. The van der Waals surface area contributed by atoms with Gasteiger partial charge in [0.25, 0.3) is 0 Å². The molecule has 7 heteroatoms. The van der Waals surface area contributed by atoms with Crippen LogP contribution in [0.15, 0.2) is 35.4 Å². The van der Waals surface area contributed by atoms with Crippen LogP contribution in [0.5, 0.6) is 5.75 Å². The zero-order chi connectivity index (χ0) is 18.8. The van der Waals surface area contributed by atoms with Gasteiger partial charge < -0.3 is 19.5 Å². The van der Waals surface area contributed by atoms with Crippen LogP contribution in [0, 0.1) is 11.3 Å². The Labute approximate surface area is 162 Å². The molecule has 0 radical (unpaired) electrons. The first-order chi connectivity index (χ1) is 13.2. The minimum absolute atomic E-state index is 0.239. The van der Waals surface area contributed by atoms with Crippen molar-refractivity contribution < 1.29 is 14.6 Å². The summed E-state index contributed by atoms with van der Waals surface area (Å²) in [4.78, 5) is 6.63. The maximum Gasteiger partial charge on any atom is 0.135 e. The molecule has 0 aliphatic carbocycles. The van der Waals surface area contributed by atoms with Gasteiger partial charge in [-0.3, -0.25) is 5.41 Å². The van der Waals surface area contributed by atoms with Crippen LogP contribution in [-0.2, 0) is 4.74 Å². The van der Waals surface area contributed by atoms with Gasteiger partial charge >= 0.3 is 0 Å². The molecule has 2 aliphatic heterocycles. The van der Waals surface area contributed by atoms with E-state index in [4.69, 9.17) is 14.9 Å². The monoisotopic (exact) mass is 385 g/mol. The summed E-state index contributed by atoms with van der Waals surface area (Å²) in [6.07, 6.45) is 2.03. The summed E-state index contributed by atoms with van der Waals surface area (Å²) in [5.74, 6) is 1.92. The molecule has 1 aromatic carbocycles. The zero-order valence-electron chi connectivity index (χ0n) is 15.3. The second-order valence-electron chi connectivity index (χ2n) is 6.87. The zero-order valence-corrected chi connectivity index (χ0v) is 16.1. The molecule has 0 atom stereocenters. The standard InChI is InChI=1S/C20H23N3O3S/c1-25-15-4-2-14(3-5-15)16-12-27-20(22-16)18-17(24)11-23(19(18)21)10-13-6-8-26-9-7-13/h2-5,12-13,21,24H,6-11H2,1H3. The Morgan fingerprint density at radius 1 is 1.30 bits per heavy atom. The van der Waals surface area contributed by atoms with Crippen molar-refractivity contribution in [3.8, 4) is 17.0 Å². The number of aliphatic hydroxyl groups is 1. The highest BCUT2D eigenvalue weighted by Gasteiger charge is 2.32. The lowest BCUT2D eigenvalue weighted by molar-refractivity contribution is 0.0600. The molecular formula is C20H23N3O3S. The van der Waals surface area contributed by atoms with E-state index in [1.54, 1.807) is 7.11 Å². The molecular weight excluding hydrogens is 362 g/mol. The molecule has 27 heavy (non-hydrogen) atoms. The highest BCUT2D eigenvalue weighted by Crippen LogP contribution is 2.33. The third kappa shape index (κ3) is 3.70. The number of aromatic nitrogens is 1. The topological polar surface area (TPSA) is 78.7 Å². The van der Waals surface area contributed by atoms with E-state index in [2.05, 4.69) is 4.98 Å². The fourth-order valence-electron chi connectivity index (χ4n) is 3.54. The van der Waals surface area contributed by atoms with Gasteiger partial charge in [-0.1, -0.05) is 0 Å². The fraction of sp³-hybridized carbons (Fsp3) is 0.400. The van der Waals surface area contributed by atoms with E-state index < -0.39 is 0 Å². The van der Waals surface area contributed by atoms with Gasteiger partial charge in [0.05, 0.1) is 24.9 Å². The maximum absolute atomic E-state index is 10.5. The SMILES string of the molecule is COc1ccc(-c2csc(C3=C(O)CN(CC4CCOCC4)C3=N)n2)cc1. The molecule has 142 valence electrons. The van der Waals surface area contributed by atoms with Crippen molar-refractivity contribution in [3.05, 3.63) is 40.4 Å². The van der Waals surface area contributed by atoms with E-state index in [1.807, 2.05) is 34.5 Å². The normalized spacial score (nSPS) is 18.4. The number of hydrogen-bond acceptors (Lipinski definition) is 6. The first kappa shape index (κ1) is 18.0. The van der Waals surface area contributed by atoms with Crippen LogP contribution in [0.1, 0.15) is 17.8 Å². The number of rotatable bonds is 5. The molecule has 2 N–H and O–H groups in total. The lowest BCUT2D eigenvalue weighted by Gasteiger charge is -2.28. The lowest BCUT2D eigenvalue weighted by atomic mass is 10.00. The maximum atomic E-state index is 10.5. The van der Waals surface area contributed by atoms with Gasteiger partial charge in [0.2, 0.25) is 0 Å². The molecule has 0 amide bonds. The largest absolute Gasteiger partial charge is 0.510 e. The molecule has 0 bridgehead atoms. The summed E-state index contributed by atoms with van der Waals surface area (Å²) in [5, 5.41) is 21.7. The molecule has 1 fully saturated rings. The number of hydrogen-bond donors (Lipinski definition) is 2. The number of ether oxygens (including phenoxy) is 2. The second kappa shape index (κ2) is 7.70. The van der Waals surface area contributed by atoms with Crippen LogP contribution in [0.4, 0.5) is 0 Å². The van der Waals surface area contributed by atoms with Crippen molar-refractivity contribution in [3.63, 3.8) is 0 Å². The number of nitrogens with one attached hydrogen (secondary N) is 1. The van der Waals surface area contributed by atoms with Crippen molar-refractivity contribution in [2.75, 3.05) is 33.4 Å². The van der Waals surface area contributed by atoms with Crippen LogP contribution in [-0.4, -0.2) is 54.2 Å². The first-order valence-electron chi connectivity index (χ1n) is 9.09. The minimum atomic E-state index is 0.239. The number of methoxy groups -OCH3 is 1. The highest BCUT2D eigenvalue weighted by molar-refractivity contribution is 7.11.